The summed E-state index contributed by atoms with van der Waals surface area (Å²) in [5.41, 5.74) is 3.06. The quantitative estimate of drug-likeness (QED) is 0.324. The molecule has 200 valence electrons. The molecular weight excluding hydrogens is 436 g/mol. The largest absolute Gasteiger partial charge is 0.205 e. The van der Waals surface area contributed by atoms with Crippen LogP contribution in [0.25, 0.3) is 0 Å². The van der Waals surface area contributed by atoms with Crippen LogP contribution in [0.2, 0.25) is 0 Å². The Labute approximate surface area is 223 Å². The molecule has 2 nitrogen and oxygen atoms in total. The predicted molar refractivity (Wildman–Crippen MR) is 153 cm³/mol. The Morgan fingerprint density at radius 2 is 0.667 bits per heavy atom. The lowest BCUT2D eigenvalue weighted by atomic mass is 10.0. The summed E-state index contributed by atoms with van der Waals surface area (Å²) in [6.07, 6.45) is 39.9. The van der Waals surface area contributed by atoms with Gasteiger partial charge in [0.2, 0.25) is 0 Å². The summed E-state index contributed by atoms with van der Waals surface area (Å²) < 4.78 is 4.86. The van der Waals surface area contributed by atoms with E-state index in [-0.39, 0.29) is 0 Å². The summed E-state index contributed by atoms with van der Waals surface area (Å²) in [6, 6.07) is 9.17. The Bertz CT molecular complexity index is 732. The molecule has 0 unspecified atom stereocenters. The van der Waals surface area contributed by atoms with Crippen LogP contribution in [0.4, 0.5) is 0 Å². The maximum Gasteiger partial charge on any atom is 0.171 e. The van der Waals surface area contributed by atoms with Crippen molar-refractivity contribution in [2.24, 2.45) is 0 Å². The van der Waals surface area contributed by atoms with Crippen LogP contribution < -0.4 is 9.13 Å². The van der Waals surface area contributed by atoms with Gasteiger partial charge in [0.15, 0.2) is 24.8 Å². The molecule has 0 aromatic carbocycles. The van der Waals surface area contributed by atoms with Gasteiger partial charge in [-0.1, -0.05) is 89.9 Å². The van der Waals surface area contributed by atoms with Gasteiger partial charge in [-0.15, -0.1) is 0 Å². The Balaban J connectivity index is 1.37. The van der Waals surface area contributed by atoms with Crippen LogP contribution in [0.3, 0.4) is 0 Å². The molecule has 0 atom stereocenters. The first-order valence-electron chi connectivity index (χ1n) is 15.9. The first-order valence-corrected chi connectivity index (χ1v) is 15.9. The number of hydrogen-bond acceptors (Lipinski definition) is 0. The van der Waals surface area contributed by atoms with Crippen molar-refractivity contribution in [2.45, 2.75) is 154 Å². The van der Waals surface area contributed by atoms with E-state index in [0.717, 1.165) is 0 Å². The normalized spacial score (nSPS) is 19.8. The van der Waals surface area contributed by atoms with Gasteiger partial charge in [0.1, 0.15) is 13.1 Å². The van der Waals surface area contributed by atoms with Crippen LogP contribution in [0, 0.1) is 0 Å². The number of aryl methyl sites for hydroxylation is 4. The van der Waals surface area contributed by atoms with Gasteiger partial charge in [0, 0.05) is 36.1 Å². The lowest BCUT2D eigenvalue weighted by Gasteiger charge is -2.05. The minimum absolute atomic E-state index is 1.18. The second-order valence-corrected chi connectivity index (χ2v) is 11.5. The van der Waals surface area contributed by atoms with Crippen LogP contribution in [-0.4, -0.2) is 0 Å². The van der Waals surface area contributed by atoms with E-state index < -0.39 is 0 Å². The molecule has 0 N–H and O–H groups in total. The smallest absolute Gasteiger partial charge is 0.171 e. The van der Waals surface area contributed by atoms with Gasteiger partial charge < -0.3 is 0 Å². The minimum atomic E-state index is 1.18. The molecule has 1 aliphatic rings. The average molecular weight is 493 g/mol. The summed E-state index contributed by atoms with van der Waals surface area (Å²) in [4.78, 5) is 0. The first-order chi connectivity index (χ1) is 17.9. The van der Waals surface area contributed by atoms with E-state index in [1.54, 1.807) is 0 Å². The van der Waals surface area contributed by atoms with E-state index in [4.69, 9.17) is 0 Å². The third kappa shape index (κ3) is 13.6. The lowest BCUT2D eigenvalue weighted by molar-refractivity contribution is -0.697. The van der Waals surface area contributed by atoms with Gasteiger partial charge in [-0.25, -0.2) is 9.13 Å². The SMILES string of the molecule is c1cc2c[n+](c1)CCCCCCCCCC[n+]1cccc(c1)CCCCCCCCCCCCCC2. The van der Waals surface area contributed by atoms with Crippen molar-refractivity contribution in [1.82, 2.24) is 0 Å². The summed E-state index contributed by atoms with van der Waals surface area (Å²) in [7, 11) is 0. The molecule has 3 rings (SSSR count). The van der Waals surface area contributed by atoms with Crippen molar-refractivity contribution in [2.75, 3.05) is 0 Å². The number of nitrogens with zero attached hydrogens (tertiary/aromatic N) is 2. The highest BCUT2D eigenvalue weighted by molar-refractivity contribution is 5.05. The van der Waals surface area contributed by atoms with E-state index >= 15 is 0 Å². The van der Waals surface area contributed by atoms with Crippen LogP contribution >= 0.6 is 0 Å². The van der Waals surface area contributed by atoms with E-state index in [1.165, 1.54) is 165 Å². The lowest BCUT2D eigenvalue weighted by Crippen LogP contribution is -2.33. The second-order valence-electron chi connectivity index (χ2n) is 11.5. The molecule has 4 bridgehead atoms. The van der Waals surface area contributed by atoms with Crippen molar-refractivity contribution in [3.05, 3.63) is 60.2 Å². The Morgan fingerprint density at radius 1 is 0.361 bits per heavy atom. The molecule has 0 radical (unpaired) electrons. The van der Waals surface area contributed by atoms with Gasteiger partial charge in [-0.2, -0.15) is 0 Å². The molecule has 0 amide bonds. The van der Waals surface area contributed by atoms with E-state index in [9.17, 15) is 0 Å². The number of fused-ring (bicyclic) bond motifs is 4. The number of aromatic nitrogens is 2. The van der Waals surface area contributed by atoms with Crippen molar-refractivity contribution in [3.8, 4) is 0 Å². The molecule has 36 heavy (non-hydrogen) atoms. The maximum atomic E-state index is 2.43. The van der Waals surface area contributed by atoms with Gasteiger partial charge >= 0.3 is 0 Å². The second kappa shape index (κ2) is 19.4. The molecule has 0 saturated heterocycles. The Kier molecular flexibility index (Phi) is 15.6. The van der Waals surface area contributed by atoms with E-state index in [1.807, 2.05) is 0 Å². The molecule has 0 saturated carbocycles. The first kappa shape index (κ1) is 28.9. The summed E-state index contributed by atoms with van der Waals surface area (Å²) >= 11 is 0. The minimum Gasteiger partial charge on any atom is -0.205 e. The van der Waals surface area contributed by atoms with Crippen molar-refractivity contribution >= 4 is 0 Å². The van der Waals surface area contributed by atoms with Gasteiger partial charge in [0.25, 0.3) is 0 Å². The zero-order valence-corrected chi connectivity index (χ0v) is 23.5. The van der Waals surface area contributed by atoms with Crippen LogP contribution in [0.5, 0.6) is 0 Å². The number of rotatable bonds is 0. The molecule has 0 fully saturated rings. The molecule has 2 aromatic heterocycles. The highest BCUT2D eigenvalue weighted by Crippen LogP contribution is 2.14. The summed E-state index contributed by atoms with van der Waals surface area (Å²) in [5, 5.41) is 0. The van der Waals surface area contributed by atoms with E-state index in [2.05, 4.69) is 58.2 Å². The molecule has 3 heterocycles. The molecule has 2 heteroatoms. The molecule has 1 aliphatic heterocycles. The Hall–Kier alpha value is -1.70. The van der Waals surface area contributed by atoms with Crippen LogP contribution in [-0.2, 0) is 25.9 Å². The zero-order chi connectivity index (χ0) is 24.9. The molecular formula is C34H56N2+2. The van der Waals surface area contributed by atoms with Crippen LogP contribution in [0.15, 0.2) is 49.1 Å². The molecule has 0 aliphatic carbocycles. The monoisotopic (exact) mass is 492 g/mol. The highest BCUT2D eigenvalue weighted by Gasteiger charge is 2.05. The fourth-order valence-electron chi connectivity index (χ4n) is 5.80. The molecule has 0 spiro atoms. The topological polar surface area (TPSA) is 7.76 Å². The zero-order valence-electron chi connectivity index (χ0n) is 23.5. The third-order valence-electron chi connectivity index (χ3n) is 8.10. The highest BCUT2D eigenvalue weighted by atomic mass is 14.9. The van der Waals surface area contributed by atoms with Crippen LogP contribution in [0.1, 0.15) is 140 Å². The fourth-order valence-corrected chi connectivity index (χ4v) is 5.80. The predicted octanol–water partition coefficient (Wildman–Crippen LogP) is 8.86. The fraction of sp³-hybridized carbons (Fsp3) is 0.706. The van der Waals surface area contributed by atoms with Crippen molar-refractivity contribution in [1.29, 1.82) is 0 Å². The third-order valence-corrected chi connectivity index (χ3v) is 8.10. The summed E-state index contributed by atoms with van der Waals surface area (Å²) in [5.74, 6) is 0. The average Bonchev–Trinajstić information content (AvgIpc) is 2.90. The van der Waals surface area contributed by atoms with Crippen molar-refractivity contribution in [3.63, 3.8) is 0 Å². The Morgan fingerprint density at radius 3 is 1.03 bits per heavy atom. The maximum absolute atomic E-state index is 2.43. The van der Waals surface area contributed by atoms with Gasteiger partial charge in [-0.05, 0) is 50.7 Å². The number of pyridine rings is 2. The van der Waals surface area contributed by atoms with Crippen molar-refractivity contribution < 1.29 is 9.13 Å². The van der Waals surface area contributed by atoms with Gasteiger partial charge in [-0.3, -0.25) is 0 Å². The molecule has 2 aromatic rings. The summed E-state index contributed by atoms with van der Waals surface area (Å²) in [6.45, 7) is 2.37. The number of hydrogen-bond donors (Lipinski definition) is 0. The van der Waals surface area contributed by atoms with E-state index in [0.29, 0.717) is 0 Å². The van der Waals surface area contributed by atoms with Gasteiger partial charge in [0.05, 0.1) is 0 Å². The standard InChI is InChI=1S/C34H56N2/c1-2-4-6-10-14-18-24-34-26-22-30-36(32-34)28-20-16-12-8-7-11-15-19-27-35-29-21-25-33(31-35)23-17-13-9-5-3-1/h21-22,25-26,29-32H,1-20,23-24,27-28H2/q+2.